The maximum atomic E-state index is 13.1. The molecule has 2 aliphatic rings. The molecule has 3 amide bonds. The standard InChI is InChI=1S/C31H29ClN8O4S/c1-5-25(41)39-11-12-40-22(15-39)29(42)36-21-13-18(17(3)34-28(21)40)20-9-10-23(44-4)27(35-20)38-31-33-14-24(45-31)30(43)37-26-16(2)7-6-8-19(26)32/h5-10,13-14,22H,1,11-12,15H2,2-4H3,(H,36,42)(H,37,43)(H,33,35,38). The van der Waals surface area contributed by atoms with Gasteiger partial charge in [0.15, 0.2) is 22.5 Å². The van der Waals surface area contributed by atoms with Crippen molar-refractivity contribution >= 4 is 68.8 Å². The van der Waals surface area contributed by atoms with Gasteiger partial charge < -0.3 is 30.5 Å². The first kappa shape index (κ1) is 30.0. The zero-order valence-electron chi connectivity index (χ0n) is 24.7. The Kier molecular flexibility index (Phi) is 8.12. The van der Waals surface area contributed by atoms with Crippen LogP contribution in [-0.2, 0) is 9.59 Å². The van der Waals surface area contributed by atoms with Gasteiger partial charge in [-0.05, 0) is 49.8 Å². The van der Waals surface area contributed by atoms with E-state index < -0.39 is 6.04 Å². The number of benzene rings is 1. The smallest absolute Gasteiger partial charge is 0.267 e. The summed E-state index contributed by atoms with van der Waals surface area (Å²) >= 11 is 7.43. The van der Waals surface area contributed by atoms with E-state index in [-0.39, 0.29) is 24.3 Å². The monoisotopic (exact) mass is 644 g/mol. The molecular weight excluding hydrogens is 616 g/mol. The van der Waals surface area contributed by atoms with Crippen molar-refractivity contribution in [3.8, 4) is 17.0 Å². The number of thiazole rings is 1. The van der Waals surface area contributed by atoms with E-state index in [0.29, 0.717) is 73.8 Å². The minimum absolute atomic E-state index is 0.202. The Morgan fingerprint density at radius 3 is 2.78 bits per heavy atom. The SMILES string of the molecule is C=CC(=O)N1CCN2c3nc(C)c(-c4ccc(OC)c(Nc5ncc(C(=O)Nc6c(C)cccc6Cl)s5)n4)cc3NC(=O)C2C1. The van der Waals surface area contributed by atoms with Gasteiger partial charge in [-0.15, -0.1) is 0 Å². The van der Waals surface area contributed by atoms with Crippen molar-refractivity contribution in [1.29, 1.82) is 0 Å². The van der Waals surface area contributed by atoms with Gasteiger partial charge in [0.2, 0.25) is 11.8 Å². The molecule has 14 heteroatoms. The van der Waals surface area contributed by atoms with Crippen molar-refractivity contribution in [2.24, 2.45) is 0 Å². The minimum Gasteiger partial charge on any atom is -0.493 e. The number of carbonyl (C=O) groups excluding carboxylic acids is 3. The van der Waals surface area contributed by atoms with Crippen molar-refractivity contribution in [2.45, 2.75) is 19.9 Å². The third-order valence-electron chi connectivity index (χ3n) is 7.66. The number of piperazine rings is 1. The van der Waals surface area contributed by atoms with Crippen molar-refractivity contribution in [1.82, 2.24) is 19.9 Å². The lowest BCUT2D eigenvalue weighted by Crippen LogP contribution is -2.61. The summed E-state index contributed by atoms with van der Waals surface area (Å²) in [6.45, 7) is 8.49. The molecule has 1 unspecified atom stereocenters. The first-order chi connectivity index (χ1) is 21.7. The highest BCUT2D eigenvalue weighted by molar-refractivity contribution is 7.17. The van der Waals surface area contributed by atoms with E-state index in [0.717, 1.165) is 16.9 Å². The van der Waals surface area contributed by atoms with Gasteiger partial charge >= 0.3 is 0 Å². The summed E-state index contributed by atoms with van der Waals surface area (Å²) in [6.07, 6.45) is 2.74. The summed E-state index contributed by atoms with van der Waals surface area (Å²) in [4.78, 5) is 56.1. The maximum Gasteiger partial charge on any atom is 0.267 e. The average molecular weight is 645 g/mol. The number of para-hydroxylation sites is 1. The van der Waals surface area contributed by atoms with Crippen molar-refractivity contribution in [3.05, 3.63) is 76.4 Å². The number of amides is 3. The number of fused-ring (bicyclic) bond motifs is 3. The van der Waals surface area contributed by atoms with Crippen molar-refractivity contribution in [3.63, 3.8) is 0 Å². The molecule has 1 fully saturated rings. The number of rotatable bonds is 7. The van der Waals surface area contributed by atoms with Gasteiger partial charge in [0, 0.05) is 24.3 Å². The highest BCUT2D eigenvalue weighted by Gasteiger charge is 2.39. The van der Waals surface area contributed by atoms with Crippen LogP contribution in [0, 0.1) is 13.8 Å². The summed E-state index contributed by atoms with van der Waals surface area (Å²) in [5.41, 5.74) is 3.98. The van der Waals surface area contributed by atoms with Gasteiger partial charge in [-0.3, -0.25) is 14.4 Å². The van der Waals surface area contributed by atoms with Gasteiger partial charge in [0.25, 0.3) is 5.91 Å². The van der Waals surface area contributed by atoms with Crippen LogP contribution in [0.1, 0.15) is 20.9 Å². The first-order valence-corrected chi connectivity index (χ1v) is 15.2. The Hall–Kier alpha value is -5.01. The largest absolute Gasteiger partial charge is 0.493 e. The summed E-state index contributed by atoms with van der Waals surface area (Å²) in [5, 5.41) is 9.87. The molecule has 0 aliphatic carbocycles. The van der Waals surface area contributed by atoms with Crippen LogP contribution in [0.3, 0.4) is 0 Å². The molecule has 1 atom stereocenters. The predicted octanol–water partition coefficient (Wildman–Crippen LogP) is 5.03. The number of hydrogen-bond donors (Lipinski definition) is 3. The van der Waals surface area contributed by atoms with E-state index in [1.807, 2.05) is 36.9 Å². The van der Waals surface area contributed by atoms with Crippen LogP contribution in [0.2, 0.25) is 5.02 Å². The number of hydrogen-bond acceptors (Lipinski definition) is 10. The molecule has 6 rings (SSSR count). The molecule has 230 valence electrons. The summed E-state index contributed by atoms with van der Waals surface area (Å²) in [7, 11) is 1.54. The van der Waals surface area contributed by atoms with E-state index in [9.17, 15) is 14.4 Å². The molecule has 0 spiro atoms. The minimum atomic E-state index is -0.540. The van der Waals surface area contributed by atoms with Crippen LogP contribution in [0.15, 0.2) is 55.3 Å². The number of nitrogens with zero attached hydrogens (tertiary/aromatic N) is 5. The molecule has 0 saturated carbocycles. The number of carbonyl (C=O) groups is 3. The lowest BCUT2D eigenvalue weighted by atomic mass is 10.0. The molecule has 45 heavy (non-hydrogen) atoms. The van der Waals surface area contributed by atoms with Gasteiger partial charge in [-0.25, -0.2) is 15.0 Å². The number of pyridine rings is 2. The third-order valence-corrected chi connectivity index (χ3v) is 8.89. The maximum absolute atomic E-state index is 13.1. The van der Waals surface area contributed by atoms with E-state index in [4.69, 9.17) is 26.3 Å². The number of methoxy groups -OCH3 is 1. The topological polar surface area (TPSA) is 142 Å². The molecule has 0 bridgehead atoms. The molecule has 3 N–H and O–H groups in total. The quantitative estimate of drug-likeness (QED) is 0.236. The number of aromatic nitrogens is 3. The Morgan fingerprint density at radius 1 is 1.20 bits per heavy atom. The Morgan fingerprint density at radius 2 is 2.02 bits per heavy atom. The Bertz CT molecular complexity index is 1840. The molecule has 0 radical (unpaired) electrons. The van der Waals surface area contributed by atoms with Crippen molar-refractivity contribution in [2.75, 3.05) is 47.6 Å². The fraction of sp³-hybridized carbons (Fsp3) is 0.226. The van der Waals surface area contributed by atoms with E-state index in [1.165, 1.54) is 19.4 Å². The van der Waals surface area contributed by atoms with Crippen LogP contribution < -0.4 is 25.6 Å². The molecular formula is C31H29ClN8O4S. The van der Waals surface area contributed by atoms with Crippen LogP contribution >= 0.6 is 22.9 Å². The lowest BCUT2D eigenvalue weighted by Gasteiger charge is -2.44. The third kappa shape index (κ3) is 5.79. The highest BCUT2D eigenvalue weighted by Crippen LogP contribution is 2.38. The summed E-state index contributed by atoms with van der Waals surface area (Å²) in [5.74, 6) is 0.769. The number of ether oxygens (including phenoxy) is 1. The summed E-state index contributed by atoms with van der Waals surface area (Å²) in [6, 6.07) is 10.3. The van der Waals surface area contributed by atoms with Gasteiger partial charge in [-0.1, -0.05) is 41.6 Å². The second-order valence-corrected chi connectivity index (χ2v) is 11.9. The molecule has 2 aliphatic heterocycles. The molecule has 1 aromatic carbocycles. The van der Waals surface area contributed by atoms with E-state index >= 15 is 0 Å². The van der Waals surface area contributed by atoms with Crippen LogP contribution in [-0.4, -0.2) is 70.4 Å². The van der Waals surface area contributed by atoms with Gasteiger partial charge in [-0.2, -0.15) is 0 Å². The highest BCUT2D eigenvalue weighted by atomic mass is 35.5. The number of aryl methyl sites for hydroxylation is 2. The van der Waals surface area contributed by atoms with Crippen LogP contribution in [0.5, 0.6) is 5.75 Å². The van der Waals surface area contributed by atoms with Crippen LogP contribution in [0.25, 0.3) is 11.3 Å². The Balaban J connectivity index is 1.24. The molecule has 3 aromatic heterocycles. The Labute approximate surface area is 268 Å². The average Bonchev–Trinajstić information content (AvgIpc) is 3.51. The number of halogens is 1. The van der Waals surface area contributed by atoms with Gasteiger partial charge in [0.05, 0.1) is 41.9 Å². The van der Waals surface area contributed by atoms with E-state index in [2.05, 4.69) is 27.5 Å². The van der Waals surface area contributed by atoms with E-state index in [1.54, 1.807) is 23.1 Å². The van der Waals surface area contributed by atoms with Gasteiger partial charge in [0.1, 0.15) is 10.9 Å². The molecule has 4 aromatic rings. The summed E-state index contributed by atoms with van der Waals surface area (Å²) < 4.78 is 5.54. The predicted molar refractivity (Wildman–Crippen MR) is 175 cm³/mol. The normalized spacial score (nSPS) is 15.5. The fourth-order valence-electron chi connectivity index (χ4n) is 5.32. The lowest BCUT2D eigenvalue weighted by molar-refractivity contribution is -0.128. The zero-order valence-corrected chi connectivity index (χ0v) is 26.3. The molecule has 1 saturated heterocycles. The zero-order chi connectivity index (χ0) is 31.8. The second-order valence-electron chi connectivity index (χ2n) is 10.5. The van der Waals surface area contributed by atoms with Crippen LogP contribution in [0.4, 0.5) is 28.1 Å². The number of nitrogens with one attached hydrogen (secondary N) is 3. The molecule has 12 nitrogen and oxygen atoms in total. The fourth-order valence-corrected chi connectivity index (χ4v) is 6.30. The second kappa shape index (κ2) is 12.2. The van der Waals surface area contributed by atoms with Crippen molar-refractivity contribution < 1.29 is 19.1 Å². The first-order valence-electron chi connectivity index (χ1n) is 14.0. The molecule has 5 heterocycles. The number of anilines is 5.